The van der Waals surface area contributed by atoms with Gasteiger partial charge in [0.05, 0.1) is 18.5 Å². The highest BCUT2D eigenvalue weighted by molar-refractivity contribution is 7.80. The molecule has 0 aliphatic carbocycles. The highest BCUT2D eigenvalue weighted by Gasteiger charge is 2.10. The third kappa shape index (κ3) is 4.82. The van der Waals surface area contributed by atoms with Crippen LogP contribution in [0.15, 0.2) is 18.2 Å². The fourth-order valence-electron chi connectivity index (χ4n) is 1.42. The lowest BCUT2D eigenvalue weighted by Gasteiger charge is -2.13. The number of hydrogen-bond donors (Lipinski definition) is 3. The van der Waals surface area contributed by atoms with Crippen LogP contribution in [0.2, 0.25) is 0 Å². The molecule has 2 amide bonds. The maximum atomic E-state index is 11.6. The highest BCUT2D eigenvalue weighted by Crippen LogP contribution is 2.27. The lowest BCUT2D eigenvalue weighted by atomic mass is 10.2. The Kier molecular flexibility index (Phi) is 6.21. The predicted molar refractivity (Wildman–Crippen MR) is 79.0 cm³/mol. The number of ether oxygens (including phenoxy) is 1. The molecule has 0 spiro atoms. The molecule has 1 aromatic carbocycles. The summed E-state index contributed by atoms with van der Waals surface area (Å²) in [6, 6.07) is 5.09. The number of hydrogen-bond acceptors (Lipinski definition) is 4. The first-order valence-electron chi connectivity index (χ1n) is 5.99. The maximum Gasteiger partial charge on any atom is 0.225 e. The molecule has 0 aromatic heterocycles. The summed E-state index contributed by atoms with van der Waals surface area (Å²) in [5.74, 6) is 0.799. The van der Waals surface area contributed by atoms with Crippen LogP contribution >= 0.6 is 12.6 Å². The Balaban J connectivity index is 2.95. The number of carbonyl (C=O) groups excluding carboxylic acids is 2. The van der Waals surface area contributed by atoms with Crippen molar-refractivity contribution in [1.82, 2.24) is 0 Å². The van der Waals surface area contributed by atoms with Crippen LogP contribution in [0.25, 0.3) is 0 Å². The molecule has 0 aliphatic rings. The zero-order valence-electron chi connectivity index (χ0n) is 11.0. The van der Waals surface area contributed by atoms with Gasteiger partial charge in [-0.15, -0.1) is 0 Å². The van der Waals surface area contributed by atoms with E-state index in [2.05, 4.69) is 23.3 Å². The topological polar surface area (TPSA) is 67.4 Å². The van der Waals surface area contributed by atoms with E-state index in [1.165, 1.54) is 0 Å². The molecule has 0 saturated carbocycles. The normalized spacial score (nSPS) is 9.84. The van der Waals surface area contributed by atoms with Crippen LogP contribution in [-0.2, 0) is 9.59 Å². The van der Waals surface area contributed by atoms with Gasteiger partial charge in [0, 0.05) is 18.9 Å². The van der Waals surface area contributed by atoms with Gasteiger partial charge in [-0.2, -0.15) is 12.6 Å². The molecular weight excluding hydrogens is 264 g/mol. The molecule has 6 heteroatoms. The highest BCUT2D eigenvalue weighted by atomic mass is 32.1. The molecule has 104 valence electrons. The van der Waals surface area contributed by atoms with Gasteiger partial charge in [-0.1, -0.05) is 6.92 Å². The van der Waals surface area contributed by atoms with Crippen molar-refractivity contribution in [3.05, 3.63) is 18.2 Å². The van der Waals surface area contributed by atoms with Crippen LogP contribution in [0.4, 0.5) is 11.4 Å². The van der Waals surface area contributed by atoms with Crippen LogP contribution in [0.1, 0.15) is 19.8 Å². The zero-order valence-corrected chi connectivity index (χ0v) is 11.9. The lowest BCUT2D eigenvalue weighted by molar-refractivity contribution is -0.116. The number of thiol groups is 1. The molecule has 0 radical (unpaired) electrons. The molecule has 1 aromatic rings. The van der Waals surface area contributed by atoms with Gasteiger partial charge in [0.2, 0.25) is 11.8 Å². The minimum atomic E-state index is -0.157. The summed E-state index contributed by atoms with van der Waals surface area (Å²) in [5, 5.41) is 5.46. The van der Waals surface area contributed by atoms with Gasteiger partial charge in [0.1, 0.15) is 5.75 Å². The van der Waals surface area contributed by atoms with Crippen LogP contribution in [0.5, 0.6) is 5.75 Å². The first kappa shape index (κ1) is 15.4. The third-order valence-corrected chi connectivity index (χ3v) is 2.66. The summed E-state index contributed by atoms with van der Waals surface area (Å²) in [7, 11) is 1.54. The van der Waals surface area contributed by atoms with Gasteiger partial charge >= 0.3 is 0 Å². The molecule has 0 unspecified atom stereocenters. The van der Waals surface area contributed by atoms with E-state index in [1.807, 2.05) is 0 Å². The van der Waals surface area contributed by atoms with Crippen LogP contribution in [0, 0.1) is 0 Å². The Morgan fingerprint density at radius 3 is 2.47 bits per heavy atom. The van der Waals surface area contributed by atoms with Crippen molar-refractivity contribution in [2.45, 2.75) is 19.8 Å². The second-order valence-corrected chi connectivity index (χ2v) is 4.28. The smallest absolute Gasteiger partial charge is 0.225 e. The third-order valence-electron chi connectivity index (χ3n) is 2.43. The van der Waals surface area contributed by atoms with Crippen molar-refractivity contribution in [1.29, 1.82) is 0 Å². The molecule has 0 bridgehead atoms. The second-order valence-electron chi connectivity index (χ2n) is 3.84. The Labute approximate surface area is 118 Å². The summed E-state index contributed by atoms with van der Waals surface area (Å²) in [4.78, 5) is 23.0. The van der Waals surface area contributed by atoms with Gasteiger partial charge in [-0.25, -0.2) is 0 Å². The van der Waals surface area contributed by atoms with E-state index in [1.54, 1.807) is 32.2 Å². The molecular formula is C13H18N2O3S. The minimum absolute atomic E-state index is 0.116. The summed E-state index contributed by atoms with van der Waals surface area (Å²) in [6.07, 6.45) is 0.678. The van der Waals surface area contributed by atoms with Crippen LogP contribution < -0.4 is 15.4 Å². The Bertz CT molecular complexity index is 463. The quantitative estimate of drug-likeness (QED) is 0.701. The number of rotatable bonds is 6. The lowest BCUT2D eigenvalue weighted by Crippen LogP contribution is -2.16. The number of anilines is 2. The van der Waals surface area contributed by atoms with Gasteiger partial charge in [-0.05, 0) is 17.9 Å². The largest absolute Gasteiger partial charge is 0.497 e. The second kappa shape index (κ2) is 7.68. The van der Waals surface area contributed by atoms with Crippen molar-refractivity contribution in [3.63, 3.8) is 0 Å². The zero-order chi connectivity index (χ0) is 14.3. The number of benzene rings is 1. The van der Waals surface area contributed by atoms with E-state index in [-0.39, 0.29) is 11.8 Å². The van der Waals surface area contributed by atoms with Gasteiger partial charge < -0.3 is 15.4 Å². The molecule has 2 N–H and O–H groups in total. The van der Waals surface area contributed by atoms with Crippen molar-refractivity contribution in [3.8, 4) is 5.75 Å². The predicted octanol–water partition coefficient (Wildman–Crippen LogP) is 2.30. The van der Waals surface area contributed by atoms with Gasteiger partial charge in [0.25, 0.3) is 0 Å². The number of amides is 2. The minimum Gasteiger partial charge on any atom is -0.497 e. The first-order chi connectivity index (χ1) is 9.10. The van der Waals surface area contributed by atoms with Crippen LogP contribution in [0.3, 0.4) is 0 Å². The van der Waals surface area contributed by atoms with E-state index >= 15 is 0 Å². The molecule has 19 heavy (non-hydrogen) atoms. The van der Waals surface area contributed by atoms with Crippen molar-refractivity contribution in [2.24, 2.45) is 0 Å². The van der Waals surface area contributed by atoms with E-state index in [0.717, 1.165) is 0 Å². The Morgan fingerprint density at radius 2 is 1.89 bits per heavy atom. The van der Waals surface area contributed by atoms with E-state index in [0.29, 0.717) is 35.7 Å². The Hall–Kier alpha value is -1.69. The molecule has 0 fully saturated rings. The molecule has 0 heterocycles. The molecule has 0 saturated heterocycles. The average Bonchev–Trinajstić information content (AvgIpc) is 2.40. The number of nitrogens with one attached hydrogen (secondary N) is 2. The van der Waals surface area contributed by atoms with Crippen molar-refractivity contribution in [2.75, 3.05) is 23.5 Å². The average molecular weight is 282 g/mol. The standard InChI is InChI=1S/C13H18N2O3S/c1-3-12(16)14-10-5-4-9(18-2)8-11(10)15-13(17)6-7-19/h4-5,8,19H,3,6-7H2,1-2H3,(H,14,16)(H,15,17). The van der Waals surface area contributed by atoms with E-state index in [4.69, 9.17) is 4.74 Å². The monoisotopic (exact) mass is 282 g/mol. The molecule has 0 atom stereocenters. The Morgan fingerprint density at radius 1 is 1.21 bits per heavy atom. The van der Waals surface area contributed by atoms with Gasteiger partial charge in [-0.3, -0.25) is 9.59 Å². The molecule has 1 rings (SSSR count). The van der Waals surface area contributed by atoms with Crippen molar-refractivity contribution >= 4 is 35.8 Å². The van der Waals surface area contributed by atoms with Crippen LogP contribution in [-0.4, -0.2) is 24.7 Å². The van der Waals surface area contributed by atoms with E-state index < -0.39 is 0 Å². The SMILES string of the molecule is CCC(=O)Nc1ccc(OC)cc1NC(=O)CCS. The fraction of sp³-hybridized carbons (Fsp3) is 0.385. The van der Waals surface area contributed by atoms with E-state index in [9.17, 15) is 9.59 Å². The number of carbonyl (C=O) groups is 2. The van der Waals surface area contributed by atoms with Gasteiger partial charge in [0.15, 0.2) is 0 Å². The molecule has 5 nitrogen and oxygen atoms in total. The number of methoxy groups -OCH3 is 1. The van der Waals surface area contributed by atoms with Crippen molar-refractivity contribution < 1.29 is 14.3 Å². The summed E-state index contributed by atoms with van der Waals surface area (Å²) < 4.78 is 5.10. The summed E-state index contributed by atoms with van der Waals surface area (Å²) in [6.45, 7) is 1.76. The fourth-order valence-corrected chi connectivity index (χ4v) is 1.62. The molecule has 0 aliphatic heterocycles. The maximum absolute atomic E-state index is 11.6. The summed E-state index contributed by atoms with van der Waals surface area (Å²) >= 11 is 4.01. The first-order valence-corrected chi connectivity index (χ1v) is 6.62. The summed E-state index contributed by atoms with van der Waals surface area (Å²) in [5.41, 5.74) is 1.08.